The van der Waals surface area contributed by atoms with Crippen molar-refractivity contribution in [3.05, 3.63) is 45.1 Å². The molecular weight excluding hydrogens is 337 g/mol. The highest BCUT2D eigenvalue weighted by Crippen LogP contribution is 2.24. The Kier molecular flexibility index (Phi) is 5.28. The zero-order valence-corrected chi connectivity index (χ0v) is 13.4. The second-order valence-corrected chi connectivity index (χ2v) is 7.10. The molecule has 0 spiro atoms. The fourth-order valence-electron chi connectivity index (χ4n) is 1.70. The lowest BCUT2D eigenvalue weighted by Gasteiger charge is -2.10. The maximum Gasteiger partial charge on any atom is 0.243 e. The monoisotopic (exact) mass is 349 g/mol. The van der Waals surface area contributed by atoms with E-state index in [0.29, 0.717) is 5.69 Å². The van der Waals surface area contributed by atoms with Crippen molar-refractivity contribution in [1.29, 1.82) is 0 Å². The molecule has 2 rings (SSSR count). The number of rotatable bonds is 6. The van der Waals surface area contributed by atoms with Gasteiger partial charge in [-0.15, -0.1) is 11.3 Å². The van der Waals surface area contributed by atoms with Crippen molar-refractivity contribution in [2.24, 2.45) is 0 Å². The van der Waals surface area contributed by atoms with Crippen molar-refractivity contribution in [3.8, 4) is 0 Å². The summed E-state index contributed by atoms with van der Waals surface area (Å²) in [4.78, 5) is 3.50. The zero-order chi connectivity index (χ0) is 15.5. The predicted octanol–water partition coefficient (Wildman–Crippen LogP) is 2.13. The molecule has 0 aliphatic heterocycles. The lowest BCUT2D eigenvalue weighted by molar-refractivity contribution is 0.545. The SMILES string of the molecule is CNCc1cc(Cl)cc(S(=O)(=O)NCc2cscn2)c1F. The largest absolute Gasteiger partial charge is 0.316 e. The van der Waals surface area contributed by atoms with Crippen molar-refractivity contribution < 1.29 is 12.8 Å². The first-order chi connectivity index (χ1) is 9.94. The summed E-state index contributed by atoms with van der Waals surface area (Å²) in [6, 6.07) is 2.49. The Hall–Kier alpha value is -1.06. The van der Waals surface area contributed by atoms with Gasteiger partial charge in [-0.05, 0) is 19.2 Å². The highest BCUT2D eigenvalue weighted by molar-refractivity contribution is 7.89. The van der Waals surface area contributed by atoms with Gasteiger partial charge < -0.3 is 5.32 Å². The van der Waals surface area contributed by atoms with E-state index in [1.165, 1.54) is 17.4 Å². The minimum absolute atomic E-state index is 0.000845. The van der Waals surface area contributed by atoms with Gasteiger partial charge in [-0.25, -0.2) is 22.5 Å². The average Bonchev–Trinajstić information content (AvgIpc) is 2.94. The minimum Gasteiger partial charge on any atom is -0.316 e. The molecule has 0 unspecified atom stereocenters. The van der Waals surface area contributed by atoms with Crippen LogP contribution in [0.5, 0.6) is 0 Å². The molecule has 0 fully saturated rings. The van der Waals surface area contributed by atoms with E-state index in [0.717, 1.165) is 6.07 Å². The third-order valence-corrected chi connectivity index (χ3v) is 4.92. The van der Waals surface area contributed by atoms with Gasteiger partial charge in [0, 0.05) is 22.5 Å². The summed E-state index contributed by atoms with van der Waals surface area (Å²) in [5.74, 6) is -0.806. The maximum atomic E-state index is 14.3. The number of sulfonamides is 1. The molecule has 5 nitrogen and oxygen atoms in total. The molecule has 1 heterocycles. The Balaban J connectivity index is 2.30. The van der Waals surface area contributed by atoms with E-state index < -0.39 is 20.7 Å². The predicted molar refractivity (Wildman–Crippen MR) is 80.3 cm³/mol. The third kappa shape index (κ3) is 3.98. The van der Waals surface area contributed by atoms with E-state index >= 15 is 0 Å². The van der Waals surface area contributed by atoms with E-state index in [9.17, 15) is 12.8 Å². The number of hydrogen-bond acceptors (Lipinski definition) is 5. The Morgan fingerprint density at radius 1 is 1.38 bits per heavy atom. The van der Waals surface area contributed by atoms with Crippen LogP contribution in [0.3, 0.4) is 0 Å². The second-order valence-electron chi connectivity index (χ2n) is 4.21. The Morgan fingerprint density at radius 3 is 2.76 bits per heavy atom. The van der Waals surface area contributed by atoms with Crippen molar-refractivity contribution in [2.45, 2.75) is 18.0 Å². The van der Waals surface area contributed by atoms with Gasteiger partial charge in [0.05, 0.1) is 17.7 Å². The van der Waals surface area contributed by atoms with Crippen molar-refractivity contribution in [3.63, 3.8) is 0 Å². The van der Waals surface area contributed by atoms with Crippen LogP contribution in [-0.4, -0.2) is 20.4 Å². The van der Waals surface area contributed by atoms with Crippen LogP contribution in [-0.2, 0) is 23.1 Å². The van der Waals surface area contributed by atoms with Gasteiger partial charge >= 0.3 is 0 Å². The Morgan fingerprint density at radius 2 is 2.14 bits per heavy atom. The molecule has 0 amide bonds. The summed E-state index contributed by atoms with van der Waals surface area (Å²) in [6.45, 7) is 0.181. The normalized spacial score (nSPS) is 11.8. The summed E-state index contributed by atoms with van der Waals surface area (Å²) >= 11 is 7.22. The molecule has 0 atom stereocenters. The first kappa shape index (κ1) is 16.3. The quantitative estimate of drug-likeness (QED) is 0.838. The van der Waals surface area contributed by atoms with E-state index in [1.807, 2.05) is 0 Å². The maximum absolute atomic E-state index is 14.3. The highest BCUT2D eigenvalue weighted by atomic mass is 35.5. The van der Waals surface area contributed by atoms with E-state index in [2.05, 4.69) is 15.0 Å². The Bertz CT molecular complexity index is 720. The fraction of sp³-hybridized carbons (Fsp3) is 0.250. The number of nitrogens with zero attached hydrogens (tertiary/aromatic N) is 1. The summed E-state index contributed by atoms with van der Waals surface area (Å²) in [7, 11) is -2.37. The van der Waals surface area contributed by atoms with E-state index in [1.54, 1.807) is 17.9 Å². The summed E-state index contributed by atoms with van der Waals surface area (Å²) in [5, 5.41) is 4.64. The number of aromatic nitrogens is 1. The van der Waals surface area contributed by atoms with Crippen molar-refractivity contribution in [1.82, 2.24) is 15.0 Å². The van der Waals surface area contributed by atoms with E-state index in [-0.39, 0.29) is 23.7 Å². The fourth-order valence-corrected chi connectivity index (χ4v) is 3.71. The van der Waals surface area contributed by atoms with Crippen LogP contribution in [0.4, 0.5) is 4.39 Å². The number of hydrogen-bond donors (Lipinski definition) is 2. The van der Waals surface area contributed by atoms with Gasteiger partial charge in [0.15, 0.2) is 0 Å². The van der Waals surface area contributed by atoms with Crippen LogP contribution in [0.1, 0.15) is 11.3 Å². The summed E-state index contributed by atoms with van der Waals surface area (Å²) < 4.78 is 41.0. The van der Waals surface area contributed by atoms with Crippen LogP contribution < -0.4 is 10.0 Å². The smallest absolute Gasteiger partial charge is 0.243 e. The highest BCUT2D eigenvalue weighted by Gasteiger charge is 2.22. The number of nitrogens with one attached hydrogen (secondary N) is 2. The lowest BCUT2D eigenvalue weighted by Crippen LogP contribution is -2.25. The minimum atomic E-state index is -4.00. The molecule has 1 aromatic heterocycles. The van der Waals surface area contributed by atoms with Crippen LogP contribution in [0.15, 0.2) is 27.9 Å². The van der Waals surface area contributed by atoms with Crippen LogP contribution in [0.2, 0.25) is 5.02 Å². The lowest BCUT2D eigenvalue weighted by atomic mass is 10.2. The van der Waals surface area contributed by atoms with Crippen molar-refractivity contribution >= 4 is 33.0 Å². The van der Waals surface area contributed by atoms with Gasteiger partial charge in [-0.1, -0.05) is 11.6 Å². The van der Waals surface area contributed by atoms with Crippen LogP contribution in [0, 0.1) is 5.82 Å². The second kappa shape index (κ2) is 6.80. The van der Waals surface area contributed by atoms with Gasteiger partial charge in [0.25, 0.3) is 0 Å². The Labute approximate surface area is 131 Å². The molecule has 2 N–H and O–H groups in total. The standard InChI is InChI=1S/C12H13ClFN3O2S2/c1-15-4-8-2-9(13)3-11(12(8)14)21(18,19)17-5-10-6-20-7-16-10/h2-3,6-7,15,17H,4-5H2,1H3. The van der Waals surface area contributed by atoms with Gasteiger partial charge in [-0.2, -0.15) is 0 Å². The number of benzene rings is 1. The molecule has 0 bridgehead atoms. The number of thiazole rings is 1. The molecular formula is C12H13ClFN3O2S2. The summed E-state index contributed by atoms with van der Waals surface area (Å²) in [6.07, 6.45) is 0. The van der Waals surface area contributed by atoms with E-state index in [4.69, 9.17) is 11.6 Å². The summed E-state index contributed by atoms with van der Waals surface area (Å²) in [5.41, 5.74) is 2.36. The molecule has 0 saturated heterocycles. The third-order valence-electron chi connectivity index (χ3n) is 2.66. The topological polar surface area (TPSA) is 71.1 Å². The van der Waals surface area contributed by atoms with Gasteiger partial charge in [0.1, 0.15) is 10.7 Å². The van der Waals surface area contributed by atoms with Crippen LogP contribution >= 0.6 is 22.9 Å². The zero-order valence-electron chi connectivity index (χ0n) is 11.1. The first-order valence-corrected chi connectivity index (χ1v) is 8.73. The molecule has 114 valence electrons. The molecule has 0 radical (unpaired) electrons. The molecule has 0 saturated carbocycles. The molecule has 21 heavy (non-hydrogen) atoms. The molecule has 0 aliphatic carbocycles. The molecule has 9 heteroatoms. The van der Waals surface area contributed by atoms with Gasteiger partial charge in [-0.3, -0.25) is 0 Å². The van der Waals surface area contributed by atoms with Gasteiger partial charge in [0.2, 0.25) is 10.0 Å². The average molecular weight is 350 g/mol. The number of halogens is 2. The van der Waals surface area contributed by atoms with Crippen LogP contribution in [0.25, 0.3) is 0 Å². The molecule has 2 aromatic rings. The molecule has 0 aliphatic rings. The van der Waals surface area contributed by atoms with Crippen molar-refractivity contribution in [2.75, 3.05) is 7.05 Å². The molecule has 1 aromatic carbocycles. The first-order valence-electron chi connectivity index (χ1n) is 5.93.